The Balaban J connectivity index is 0. The molecule has 0 bridgehead atoms. The average molecular weight is 152 g/mol. The third-order valence-electron chi connectivity index (χ3n) is 0.729. The van der Waals surface area contributed by atoms with Gasteiger partial charge in [0, 0.05) is 0 Å². The number of nitrogens with zero attached hydrogens (tertiary/aromatic N) is 1. The van der Waals surface area contributed by atoms with E-state index < -0.39 is 5.97 Å². The van der Waals surface area contributed by atoms with E-state index in [1.165, 1.54) is 12.5 Å². The quantitative estimate of drug-likeness (QED) is 0.428. The SMILES string of the molecule is O=C(O)c1cnc[nH]1.[H-].[K+]. The molecule has 0 aliphatic rings. The van der Waals surface area contributed by atoms with Gasteiger partial charge in [-0.15, -0.1) is 0 Å². The number of aromatic amines is 1. The summed E-state index contributed by atoms with van der Waals surface area (Å²) in [5, 5.41) is 8.20. The van der Waals surface area contributed by atoms with E-state index in [2.05, 4.69) is 9.97 Å². The Morgan fingerprint density at radius 3 is 2.78 bits per heavy atom. The molecule has 0 aliphatic heterocycles. The van der Waals surface area contributed by atoms with E-state index in [9.17, 15) is 4.79 Å². The molecule has 5 heteroatoms. The van der Waals surface area contributed by atoms with Crippen LogP contribution in [0.4, 0.5) is 0 Å². The van der Waals surface area contributed by atoms with Crippen molar-refractivity contribution in [1.29, 1.82) is 0 Å². The van der Waals surface area contributed by atoms with Crippen LogP contribution in [0.25, 0.3) is 0 Å². The molecule has 1 aromatic rings. The van der Waals surface area contributed by atoms with E-state index >= 15 is 0 Å². The molecule has 1 aromatic heterocycles. The summed E-state index contributed by atoms with van der Waals surface area (Å²) in [5.74, 6) is -0.984. The molecule has 0 unspecified atom stereocenters. The third kappa shape index (κ3) is 2.59. The Kier molecular flexibility index (Phi) is 4.33. The number of aromatic carboxylic acids is 1. The zero-order valence-corrected chi connectivity index (χ0v) is 8.08. The molecule has 0 aromatic carbocycles. The number of carboxylic acids is 1. The molecule has 1 heterocycles. The molecular formula is C4H5KN2O2. The van der Waals surface area contributed by atoms with Crippen LogP contribution >= 0.6 is 0 Å². The molecule has 0 saturated heterocycles. The van der Waals surface area contributed by atoms with Crippen LogP contribution in [0.2, 0.25) is 0 Å². The van der Waals surface area contributed by atoms with Gasteiger partial charge >= 0.3 is 57.4 Å². The Morgan fingerprint density at radius 1 is 1.89 bits per heavy atom. The molecule has 0 aliphatic carbocycles. The third-order valence-corrected chi connectivity index (χ3v) is 0.729. The van der Waals surface area contributed by atoms with Crippen molar-refractivity contribution in [2.45, 2.75) is 0 Å². The van der Waals surface area contributed by atoms with E-state index in [0.29, 0.717) is 0 Å². The maximum absolute atomic E-state index is 9.99. The molecule has 1 rings (SSSR count). The summed E-state index contributed by atoms with van der Waals surface area (Å²) >= 11 is 0. The van der Waals surface area contributed by atoms with E-state index in [0.717, 1.165) is 0 Å². The second-order valence-corrected chi connectivity index (χ2v) is 1.27. The molecule has 0 amide bonds. The first kappa shape index (κ1) is 9.32. The number of imidazole rings is 1. The van der Waals surface area contributed by atoms with Gasteiger partial charge in [0.1, 0.15) is 5.69 Å². The van der Waals surface area contributed by atoms with Gasteiger partial charge in [-0.25, -0.2) is 9.78 Å². The normalized spacial score (nSPS) is 8.00. The number of nitrogens with one attached hydrogen (secondary N) is 1. The summed E-state index contributed by atoms with van der Waals surface area (Å²) in [4.78, 5) is 15.9. The molecular weight excluding hydrogens is 147 g/mol. The number of aromatic nitrogens is 2. The Bertz CT molecular complexity index is 189. The van der Waals surface area contributed by atoms with E-state index in [-0.39, 0.29) is 58.5 Å². The number of hydrogen-bond donors (Lipinski definition) is 2. The molecule has 44 valence electrons. The predicted octanol–water partition coefficient (Wildman–Crippen LogP) is -2.78. The maximum atomic E-state index is 9.99. The molecule has 0 atom stereocenters. The van der Waals surface area contributed by atoms with Gasteiger partial charge < -0.3 is 11.5 Å². The van der Waals surface area contributed by atoms with Crippen LogP contribution in [0.1, 0.15) is 11.9 Å². The van der Waals surface area contributed by atoms with Crippen LogP contribution in [-0.4, -0.2) is 21.0 Å². The summed E-state index contributed by atoms with van der Waals surface area (Å²) in [6.45, 7) is 0. The van der Waals surface area contributed by atoms with Crippen molar-refractivity contribution in [2.24, 2.45) is 0 Å². The predicted molar refractivity (Wildman–Crippen MR) is 26.7 cm³/mol. The van der Waals surface area contributed by atoms with Crippen LogP contribution in [0.5, 0.6) is 0 Å². The van der Waals surface area contributed by atoms with Crippen molar-refractivity contribution in [2.75, 3.05) is 0 Å². The van der Waals surface area contributed by atoms with Crippen molar-refractivity contribution >= 4 is 5.97 Å². The Morgan fingerprint density at radius 2 is 2.56 bits per heavy atom. The molecule has 0 fully saturated rings. The maximum Gasteiger partial charge on any atom is 1.00 e. The van der Waals surface area contributed by atoms with Crippen molar-refractivity contribution in [3.05, 3.63) is 18.2 Å². The van der Waals surface area contributed by atoms with Gasteiger partial charge in [0.25, 0.3) is 0 Å². The monoisotopic (exact) mass is 152 g/mol. The fourth-order valence-corrected chi connectivity index (χ4v) is 0.373. The van der Waals surface area contributed by atoms with Crippen molar-refractivity contribution < 1.29 is 62.7 Å². The first-order chi connectivity index (χ1) is 3.80. The average Bonchev–Trinajstić information content (AvgIpc) is 2.12. The number of hydrogen-bond acceptors (Lipinski definition) is 2. The minimum atomic E-state index is -0.984. The second kappa shape index (κ2) is 4.18. The van der Waals surface area contributed by atoms with Crippen molar-refractivity contribution in [3.63, 3.8) is 0 Å². The first-order valence-corrected chi connectivity index (χ1v) is 2.02. The van der Waals surface area contributed by atoms with Crippen LogP contribution in [0, 0.1) is 0 Å². The van der Waals surface area contributed by atoms with Gasteiger partial charge in [-0.05, 0) is 0 Å². The Labute approximate surface area is 95.6 Å². The molecule has 2 N–H and O–H groups in total. The minimum Gasteiger partial charge on any atom is -1.00 e. The van der Waals surface area contributed by atoms with Crippen molar-refractivity contribution in [1.82, 2.24) is 9.97 Å². The Hall–Kier alpha value is 0.316. The molecule has 0 spiro atoms. The van der Waals surface area contributed by atoms with Crippen LogP contribution in [0.3, 0.4) is 0 Å². The van der Waals surface area contributed by atoms with Gasteiger partial charge in [0.15, 0.2) is 0 Å². The zero-order valence-electron chi connectivity index (χ0n) is 5.96. The summed E-state index contributed by atoms with van der Waals surface area (Å²) in [6.07, 6.45) is 2.58. The standard InChI is InChI=1S/C4H4N2O2.K.H/c7-4(8)3-1-5-2-6-3;;/h1-2H,(H,5,6)(H,7,8);;/q;+1;-1. The summed E-state index contributed by atoms with van der Waals surface area (Å²) < 4.78 is 0. The molecule has 0 radical (unpaired) electrons. The van der Waals surface area contributed by atoms with E-state index in [1.54, 1.807) is 0 Å². The van der Waals surface area contributed by atoms with Gasteiger partial charge in [0.2, 0.25) is 0 Å². The van der Waals surface area contributed by atoms with Gasteiger partial charge in [-0.1, -0.05) is 0 Å². The van der Waals surface area contributed by atoms with Crippen LogP contribution < -0.4 is 51.4 Å². The topological polar surface area (TPSA) is 66.0 Å². The van der Waals surface area contributed by atoms with E-state index in [4.69, 9.17) is 5.11 Å². The molecule has 4 nitrogen and oxygen atoms in total. The van der Waals surface area contributed by atoms with Gasteiger partial charge in [-0.3, -0.25) is 0 Å². The number of carbonyl (C=O) groups is 1. The fourth-order valence-electron chi connectivity index (χ4n) is 0.373. The van der Waals surface area contributed by atoms with Crippen molar-refractivity contribution in [3.8, 4) is 0 Å². The van der Waals surface area contributed by atoms with Crippen LogP contribution in [0.15, 0.2) is 12.5 Å². The number of rotatable bonds is 1. The largest absolute Gasteiger partial charge is 1.00 e. The van der Waals surface area contributed by atoms with Crippen LogP contribution in [-0.2, 0) is 0 Å². The number of H-pyrrole nitrogens is 1. The minimum absolute atomic E-state index is 0. The summed E-state index contributed by atoms with van der Waals surface area (Å²) in [5.41, 5.74) is 0.116. The summed E-state index contributed by atoms with van der Waals surface area (Å²) in [7, 11) is 0. The molecule has 0 saturated carbocycles. The van der Waals surface area contributed by atoms with E-state index in [1.807, 2.05) is 0 Å². The molecule has 9 heavy (non-hydrogen) atoms. The second-order valence-electron chi connectivity index (χ2n) is 1.27. The fraction of sp³-hybridized carbons (Fsp3) is 0. The summed E-state index contributed by atoms with van der Waals surface area (Å²) in [6, 6.07) is 0. The zero-order chi connectivity index (χ0) is 5.98. The van der Waals surface area contributed by atoms with Gasteiger partial charge in [0.05, 0.1) is 12.5 Å². The smallest absolute Gasteiger partial charge is 1.00 e. The van der Waals surface area contributed by atoms with Gasteiger partial charge in [-0.2, -0.15) is 0 Å². The number of carboxylic acid groups (broad SMARTS) is 1. The first-order valence-electron chi connectivity index (χ1n) is 2.02.